The molecule has 2 aliphatic rings. The van der Waals surface area contributed by atoms with Crippen molar-refractivity contribution in [2.24, 2.45) is 0 Å². The molecule has 0 aromatic heterocycles. The molecular weight excluding hydrogens is 268 g/mol. The van der Waals surface area contributed by atoms with Crippen molar-refractivity contribution in [1.82, 2.24) is 9.80 Å². The Hall–Kier alpha value is -1.59. The lowest BCUT2D eigenvalue weighted by Crippen LogP contribution is -2.47. The molecule has 1 amide bonds. The van der Waals surface area contributed by atoms with Crippen molar-refractivity contribution >= 4 is 5.91 Å². The minimum atomic E-state index is -0.370. The third kappa shape index (κ3) is 3.04. The van der Waals surface area contributed by atoms with Crippen LogP contribution in [0, 0.1) is 0 Å². The molecule has 2 unspecified atom stereocenters. The standard InChI is InChI=1S/C16H22N2O3/c1-21-14-5-2-4-12(8-14)15-9-13(19)10-18(15)11-16(20)17-6-3-7-17/h2,4-5,8,13,15,19H,3,6-7,9-11H2,1H3. The number of hydrogen-bond donors (Lipinski definition) is 1. The molecule has 0 aliphatic carbocycles. The summed E-state index contributed by atoms with van der Waals surface area (Å²) >= 11 is 0. The summed E-state index contributed by atoms with van der Waals surface area (Å²) in [6, 6.07) is 7.97. The summed E-state index contributed by atoms with van der Waals surface area (Å²) in [7, 11) is 1.65. The number of amides is 1. The highest BCUT2D eigenvalue weighted by atomic mass is 16.5. The van der Waals surface area contributed by atoms with Gasteiger partial charge in [0.15, 0.2) is 0 Å². The van der Waals surface area contributed by atoms with Gasteiger partial charge in [-0.05, 0) is 30.5 Å². The molecule has 0 saturated carbocycles. The molecule has 0 radical (unpaired) electrons. The van der Waals surface area contributed by atoms with E-state index in [0.29, 0.717) is 19.5 Å². The number of carbonyl (C=O) groups excluding carboxylic acids is 1. The second-order valence-corrected chi connectivity index (χ2v) is 5.85. The maximum Gasteiger partial charge on any atom is 0.236 e. The number of aliphatic hydroxyl groups excluding tert-OH is 1. The van der Waals surface area contributed by atoms with Gasteiger partial charge >= 0.3 is 0 Å². The molecule has 5 nitrogen and oxygen atoms in total. The molecule has 1 N–H and O–H groups in total. The number of aliphatic hydroxyl groups is 1. The summed E-state index contributed by atoms with van der Waals surface area (Å²) in [4.78, 5) is 16.1. The van der Waals surface area contributed by atoms with Gasteiger partial charge in [-0.3, -0.25) is 9.69 Å². The van der Waals surface area contributed by atoms with Gasteiger partial charge in [0.05, 0.1) is 19.8 Å². The Morgan fingerprint density at radius 3 is 2.90 bits per heavy atom. The van der Waals surface area contributed by atoms with Crippen molar-refractivity contribution in [1.29, 1.82) is 0 Å². The third-order valence-corrected chi connectivity index (χ3v) is 4.41. The van der Waals surface area contributed by atoms with E-state index in [4.69, 9.17) is 4.74 Å². The average Bonchev–Trinajstić information content (AvgIpc) is 2.77. The number of carbonyl (C=O) groups is 1. The van der Waals surface area contributed by atoms with E-state index in [0.717, 1.165) is 30.8 Å². The SMILES string of the molecule is COc1cccc(C2CC(O)CN2CC(=O)N2CCC2)c1. The lowest BCUT2D eigenvalue weighted by molar-refractivity contribution is -0.136. The number of ether oxygens (including phenoxy) is 1. The van der Waals surface area contributed by atoms with Crippen LogP contribution in [0.25, 0.3) is 0 Å². The predicted octanol–water partition coefficient (Wildman–Crippen LogP) is 1.04. The normalized spacial score (nSPS) is 25.7. The van der Waals surface area contributed by atoms with Gasteiger partial charge < -0.3 is 14.7 Å². The van der Waals surface area contributed by atoms with Crippen molar-refractivity contribution in [3.8, 4) is 5.75 Å². The van der Waals surface area contributed by atoms with Crippen LogP contribution < -0.4 is 4.74 Å². The molecule has 21 heavy (non-hydrogen) atoms. The Kier molecular flexibility index (Phi) is 4.12. The molecular formula is C16H22N2O3. The summed E-state index contributed by atoms with van der Waals surface area (Å²) in [5.41, 5.74) is 1.10. The highest BCUT2D eigenvalue weighted by molar-refractivity contribution is 5.79. The van der Waals surface area contributed by atoms with Crippen molar-refractivity contribution in [2.75, 3.05) is 33.3 Å². The quantitative estimate of drug-likeness (QED) is 0.900. The largest absolute Gasteiger partial charge is 0.497 e. The van der Waals surface area contributed by atoms with E-state index in [2.05, 4.69) is 4.90 Å². The molecule has 114 valence electrons. The van der Waals surface area contributed by atoms with Crippen LogP contribution in [0.15, 0.2) is 24.3 Å². The summed E-state index contributed by atoms with van der Waals surface area (Å²) in [6.07, 6.45) is 1.40. The van der Waals surface area contributed by atoms with Crippen molar-refractivity contribution in [3.05, 3.63) is 29.8 Å². The second kappa shape index (κ2) is 6.03. The fourth-order valence-electron chi connectivity index (χ4n) is 3.09. The van der Waals surface area contributed by atoms with Crippen LogP contribution in [0.2, 0.25) is 0 Å². The topological polar surface area (TPSA) is 53.0 Å². The fourth-order valence-corrected chi connectivity index (χ4v) is 3.09. The lowest BCUT2D eigenvalue weighted by atomic mass is 10.0. The van der Waals surface area contributed by atoms with Crippen LogP contribution in [-0.2, 0) is 4.79 Å². The van der Waals surface area contributed by atoms with Crippen molar-refractivity contribution in [3.63, 3.8) is 0 Å². The zero-order valence-corrected chi connectivity index (χ0v) is 12.4. The lowest BCUT2D eigenvalue weighted by Gasteiger charge is -2.33. The monoisotopic (exact) mass is 290 g/mol. The van der Waals surface area contributed by atoms with Gasteiger partial charge in [0.25, 0.3) is 0 Å². The molecule has 2 heterocycles. The second-order valence-electron chi connectivity index (χ2n) is 5.85. The summed E-state index contributed by atoms with van der Waals surface area (Å²) in [5, 5.41) is 9.98. The van der Waals surface area contributed by atoms with Crippen molar-refractivity contribution < 1.29 is 14.6 Å². The molecule has 0 bridgehead atoms. The number of β-amino-alcohol motifs (C(OH)–C–C–N with tert-alkyl or cyclic N) is 1. The molecule has 5 heteroatoms. The Morgan fingerprint density at radius 2 is 2.24 bits per heavy atom. The number of methoxy groups -OCH3 is 1. The van der Waals surface area contributed by atoms with E-state index >= 15 is 0 Å². The predicted molar refractivity (Wildman–Crippen MR) is 79.1 cm³/mol. The van der Waals surface area contributed by atoms with Gasteiger partial charge in [-0.2, -0.15) is 0 Å². The van der Waals surface area contributed by atoms with Gasteiger partial charge in [-0.1, -0.05) is 12.1 Å². The minimum Gasteiger partial charge on any atom is -0.497 e. The zero-order chi connectivity index (χ0) is 14.8. The van der Waals surface area contributed by atoms with Gasteiger partial charge in [-0.25, -0.2) is 0 Å². The van der Waals surface area contributed by atoms with Crippen LogP contribution in [0.4, 0.5) is 0 Å². The van der Waals surface area contributed by atoms with E-state index in [1.165, 1.54) is 0 Å². The fraction of sp³-hybridized carbons (Fsp3) is 0.562. The van der Waals surface area contributed by atoms with Crippen LogP contribution >= 0.6 is 0 Å². The molecule has 2 atom stereocenters. The highest BCUT2D eigenvalue weighted by Crippen LogP contribution is 2.33. The van der Waals surface area contributed by atoms with Crippen molar-refractivity contribution in [2.45, 2.75) is 25.0 Å². The van der Waals surface area contributed by atoms with Gasteiger partial charge in [0, 0.05) is 25.7 Å². The minimum absolute atomic E-state index is 0.0836. The van der Waals surface area contributed by atoms with E-state index in [-0.39, 0.29) is 18.1 Å². The Labute approximate surface area is 125 Å². The van der Waals surface area contributed by atoms with E-state index in [9.17, 15) is 9.90 Å². The van der Waals surface area contributed by atoms with E-state index in [1.54, 1.807) is 7.11 Å². The Bertz CT molecular complexity index is 516. The maximum absolute atomic E-state index is 12.2. The summed E-state index contributed by atoms with van der Waals surface area (Å²) < 4.78 is 5.27. The molecule has 2 aliphatic heterocycles. The van der Waals surface area contributed by atoms with Gasteiger partial charge in [0.2, 0.25) is 5.91 Å². The number of nitrogens with zero attached hydrogens (tertiary/aromatic N) is 2. The molecule has 2 fully saturated rings. The summed E-state index contributed by atoms with van der Waals surface area (Å²) in [5.74, 6) is 0.978. The van der Waals surface area contributed by atoms with Crippen LogP contribution in [0.3, 0.4) is 0 Å². The number of hydrogen-bond acceptors (Lipinski definition) is 4. The number of benzene rings is 1. The third-order valence-electron chi connectivity index (χ3n) is 4.41. The zero-order valence-electron chi connectivity index (χ0n) is 12.4. The molecule has 0 spiro atoms. The number of likely N-dealkylation sites (tertiary alicyclic amines) is 2. The Balaban J connectivity index is 1.73. The van der Waals surface area contributed by atoms with Crippen LogP contribution in [0.1, 0.15) is 24.4 Å². The first-order chi connectivity index (χ1) is 10.2. The smallest absolute Gasteiger partial charge is 0.236 e. The maximum atomic E-state index is 12.2. The molecule has 1 aromatic carbocycles. The first-order valence-electron chi connectivity index (χ1n) is 7.51. The van der Waals surface area contributed by atoms with E-state index in [1.807, 2.05) is 29.2 Å². The van der Waals surface area contributed by atoms with Gasteiger partial charge in [-0.15, -0.1) is 0 Å². The van der Waals surface area contributed by atoms with Crippen LogP contribution in [-0.4, -0.2) is 60.2 Å². The Morgan fingerprint density at radius 1 is 1.43 bits per heavy atom. The highest BCUT2D eigenvalue weighted by Gasteiger charge is 2.34. The molecule has 1 aromatic rings. The van der Waals surface area contributed by atoms with E-state index < -0.39 is 0 Å². The number of rotatable bonds is 4. The van der Waals surface area contributed by atoms with Gasteiger partial charge in [0.1, 0.15) is 5.75 Å². The molecule has 3 rings (SSSR count). The molecule has 2 saturated heterocycles. The summed E-state index contributed by atoms with van der Waals surface area (Å²) in [6.45, 7) is 2.69. The average molecular weight is 290 g/mol. The first-order valence-corrected chi connectivity index (χ1v) is 7.51. The van der Waals surface area contributed by atoms with Crippen LogP contribution in [0.5, 0.6) is 5.75 Å². The first kappa shape index (κ1) is 14.4.